The van der Waals surface area contributed by atoms with Gasteiger partial charge >= 0.3 is 0 Å². The van der Waals surface area contributed by atoms with Crippen LogP contribution >= 0.6 is 0 Å². The van der Waals surface area contributed by atoms with Crippen LogP contribution in [-0.2, 0) is 13.1 Å². The fourth-order valence-corrected chi connectivity index (χ4v) is 4.92. The lowest BCUT2D eigenvalue weighted by Crippen LogP contribution is -2.30. The van der Waals surface area contributed by atoms with E-state index in [1.807, 2.05) is 26.4 Å². The van der Waals surface area contributed by atoms with Crippen LogP contribution in [-0.4, -0.2) is 50.2 Å². The van der Waals surface area contributed by atoms with E-state index in [4.69, 9.17) is 18.3 Å². The first-order valence-electron chi connectivity index (χ1n) is 11.6. The van der Waals surface area contributed by atoms with Crippen molar-refractivity contribution in [3.63, 3.8) is 0 Å². The van der Waals surface area contributed by atoms with Crippen LogP contribution < -0.4 is 9.47 Å². The molecule has 33 heavy (non-hydrogen) atoms. The number of ether oxygens (including phenoxy) is 2. The minimum atomic E-state index is 0.887. The van der Waals surface area contributed by atoms with E-state index in [2.05, 4.69) is 34.1 Å². The van der Waals surface area contributed by atoms with Crippen molar-refractivity contribution in [2.24, 2.45) is 0 Å². The van der Waals surface area contributed by atoms with Crippen molar-refractivity contribution in [2.75, 3.05) is 40.4 Å². The Morgan fingerprint density at radius 3 is 1.58 bits per heavy atom. The second-order valence-corrected chi connectivity index (χ2v) is 9.06. The molecule has 174 valence electrons. The Morgan fingerprint density at radius 2 is 1.15 bits per heavy atom. The van der Waals surface area contributed by atoms with Gasteiger partial charge in [-0.15, -0.1) is 0 Å². The second kappa shape index (κ2) is 9.12. The molecule has 2 aromatic heterocycles. The van der Waals surface area contributed by atoms with Crippen molar-refractivity contribution < 1.29 is 18.3 Å². The predicted octanol–water partition coefficient (Wildman–Crippen LogP) is 5.52. The first kappa shape index (κ1) is 21.9. The van der Waals surface area contributed by atoms with Gasteiger partial charge in [-0.3, -0.25) is 9.80 Å². The third kappa shape index (κ3) is 4.33. The number of nitrogens with zero attached hydrogens (tertiary/aromatic N) is 2. The molecule has 1 saturated heterocycles. The van der Waals surface area contributed by atoms with Gasteiger partial charge in [0.05, 0.1) is 26.7 Å². The fraction of sp³-hybridized carbons (Fsp3) is 0.407. The van der Waals surface area contributed by atoms with Gasteiger partial charge < -0.3 is 18.3 Å². The third-order valence-electron chi connectivity index (χ3n) is 6.81. The molecule has 0 amide bonds. The van der Waals surface area contributed by atoms with Gasteiger partial charge in [0.2, 0.25) is 0 Å². The topological polar surface area (TPSA) is 51.2 Å². The van der Waals surface area contributed by atoms with Gasteiger partial charge in [0, 0.05) is 48.1 Å². The largest absolute Gasteiger partial charge is 0.496 e. The van der Waals surface area contributed by atoms with Crippen LogP contribution in [0.5, 0.6) is 11.5 Å². The molecule has 5 rings (SSSR count). The zero-order valence-electron chi connectivity index (χ0n) is 19.9. The van der Waals surface area contributed by atoms with Crippen molar-refractivity contribution >= 4 is 21.9 Å². The molecule has 1 aliphatic heterocycles. The van der Waals surface area contributed by atoms with Crippen molar-refractivity contribution in [1.82, 2.24) is 9.80 Å². The first-order valence-corrected chi connectivity index (χ1v) is 11.6. The van der Waals surface area contributed by atoms with Crippen LogP contribution in [0.3, 0.4) is 0 Å². The monoisotopic (exact) mass is 448 g/mol. The average Bonchev–Trinajstić information content (AvgIpc) is 3.29. The SMILES string of the molecule is COc1cc2c(CN3CCCN(Cc4coc5cc(C)c(OC)cc45)CC3)coc2cc1C. The van der Waals surface area contributed by atoms with Gasteiger partial charge in [-0.25, -0.2) is 0 Å². The molecule has 3 heterocycles. The molecule has 0 atom stereocenters. The lowest BCUT2D eigenvalue weighted by molar-refractivity contribution is 0.247. The van der Waals surface area contributed by atoms with Gasteiger partial charge in [0.1, 0.15) is 22.7 Å². The Kier molecular flexibility index (Phi) is 6.04. The Bertz CT molecular complexity index is 1170. The van der Waals surface area contributed by atoms with Gasteiger partial charge in [0.15, 0.2) is 0 Å². The summed E-state index contributed by atoms with van der Waals surface area (Å²) in [6.07, 6.45) is 4.94. The number of aryl methyl sites for hydroxylation is 2. The molecule has 0 N–H and O–H groups in total. The van der Waals surface area contributed by atoms with Crippen LogP contribution in [0.1, 0.15) is 28.7 Å². The summed E-state index contributed by atoms with van der Waals surface area (Å²) in [5.74, 6) is 1.82. The van der Waals surface area contributed by atoms with E-state index in [0.717, 1.165) is 90.3 Å². The number of rotatable bonds is 6. The van der Waals surface area contributed by atoms with Gasteiger partial charge in [-0.1, -0.05) is 0 Å². The van der Waals surface area contributed by atoms with Crippen molar-refractivity contribution in [1.29, 1.82) is 0 Å². The molecule has 4 aromatic rings. The minimum absolute atomic E-state index is 0.887. The minimum Gasteiger partial charge on any atom is -0.496 e. The maximum absolute atomic E-state index is 5.85. The maximum Gasteiger partial charge on any atom is 0.134 e. The van der Waals surface area contributed by atoms with E-state index in [1.165, 1.54) is 11.1 Å². The zero-order valence-corrected chi connectivity index (χ0v) is 19.9. The summed E-state index contributed by atoms with van der Waals surface area (Å²) < 4.78 is 22.7. The van der Waals surface area contributed by atoms with E-state index < -0.39 is 0 Å². The highest BCUT2D eigenvalue weighted by molar-refractivity contribution is 5.84. The van der Waals surface area contributed by atoms with Gasteiger partial charge in [0.25, 0.3) is 0 Å². The quantitative estimate of drug-likeness (QED) is 0.387. The Labute approximate surface area is 194 Å². The molecule has 6 heteroatoms. The van der Waals surface area contributed by atoms with Crippen molar-refractivity contribution in [3.8, 4) is 11.5 Å². The first-order chi connectivity index (χ1) is 16.1. The fourth-order valence-electron chi connectivity index (χ4n) is 4.92. The highest BCUT2D eigenvalue weighted by atomic mass is 16.5. The summed E-state index contributed by atoms with van der Waals surface area (Å²) in [5.41, 5.74) is 6.49. The predicted molar refractivity (Wildman–Crippen MR) is 130 cm³/mol. The second-order valence-electron chi connectivity index (χ2n) is 9.06. The van der Waals surface area contributed by atoms with Crippen LogP contribution in [0.25, 0.3) is 21.9 Å². The Morgan fingerprint density at radius 1 is 0.697 bits per heavy atom. The average molecular weight is 449 g/mol. The van der Waals surface area contributed by atoms with Crippen molar-refractivity contribution in [3.05, 3.63) is 59.0 Å². The van der Waals surface area contributed by atoms with E-state index in [9.17, 15) is 0 Å². The highest BCUT2D eigenvalue weighted by Crippen LogP contribution is 2.31. The number of fused-ring (bicyclic) bond motifs is 2. The summed E-state index contributed by atoms with van der Waals surface area (Å²) in [5, 5.41) is 2.29. The highest BCUT2D eigenvalue weighted by Gasteiger charge is 2.19. The summed E-state index contributed by atoms with van der Waals surface area (Å²) >= 11 is 0. The number of methoxy groups -OCH3 is 2. The van der Waals surface area contributed by atoms with E-state index in [0.29, 0.717) is 0 Å². The summed E-state index contributed by atoms with van der Waals surface area (Å²) in [7, 11) is 3.44. The van der Waals surface area contributed by atoms with Crippen LogP contribution in [0.4, 0.5) is 0 Å². The summed E-state index contributed by atoms with van der Waals surface area (Å²) in [6, 6.07) is 8.34. The molecule has 0 saturated carbocycles. The molecule has 0 bridgehead atoms. The van der Waals surface area contributed by atoms with Crippen LogP contribution in [0.2, 0.25) is 0 Å². The van der Waals surface area contributed by atoms with Gasteiger partial charge in [-0.2, -0.15) is 0 Å². The molecule has 0 spiro atoms. The molecule has 0 aliphatic carbocycles. The van der Waals surface area contributed by atoms with E-state index >= 15 is 0 Å². The third-order valence-corrected chi connectivity index (χ3v) is 6.81. The molecular formula is C27H32N2O4. The molecule has 1 fully saturated rings. The molecule has 1 aliphatic rings. The normalized spacial score (nSPS) is 15.9. The van der Waals surface area contributed by atoms with E-state index in [1.54, 1.807) is 14.2 Å². The van der Waals surface area contributed by atoms with Crippen LogP contribution in [0.15, 0.2) is 45.6 Å². The number of hydrogen-bond acceptors (Lipinski definition) is 6. The number of hydrogen-bond donors (Lipinski definition) is 0. The van der Waals surface area contributed by atoms with Crippen LogP contribution in [0, 0.1) is 13.8 Å². The molecular weight excluding hydrogens is 416 g/mol. The smallest absolute Gasteiger partial charge is 0.134 e. The Balaban J connectivity index is 1.27. The maximum atomic E-state index is 5.85. The zero-order chi connectivity index (χ0) is 22.9. The standard InChI is InChI=1S/C27H32N2O4/c1-18-10-26-22(12-24(18)30-3)20(16-32-26)14-28-6-5-7-29(9-8-28)15-21-17-33-27-11-19(2)25(31-4)13-23(21)27/h10-13,16-17H,5-9,14-15H2,1-4H3. The summed E-state index contributed by atoms with van der Waals surface area (Å²) in [6.45, 7) is 10.1. The lowest BCUT2D eigenvalue weighted by atomic mass is 10.1. The summed E-state index contributed by atoms with van der Waals surface area (Å²) in [4.78, 5) is 5.05. The molecule has 0 radical (unpaired) electrons. The Hall–Kier alpha value is -2.96. The lowest BCUT2D eigenvalue weighted by Gasteiger charge is -2.21. The van der Waals surface area contributed by atoms with E-state index in [-0.39, 0.29) is 0 Å². The number of benzene rings is 2. The molecule has 6 nitrogen and oxygen atoms in total. The molecule has 0 unspecified atom stereocenters. The van der Waals surface area contributed by atoms with Gasteiger partial charge in [-0.05, 0) is 68.8 Å². The number of furan rings is 2. The molecule has 2 aromatic carbocycles. The van der Waals surface area contributed by atoms with Crippen molar-refractivity contribution in [2.45, 2.75) is 33.4 Å².